The molecule has 0 N–H and O–H groups in total. The summed E-state index contributed by atoms with van der Waals surface area (Å²) in [5.74, 6) is -9.14. The van der Waals surface area contributed by atoms with E-state index in [1.807, 2.05) is 0 Å². The Morgan fingerprint density at radius 2 is 1.41 bits per heavy atom. The lowest BCUT2D eigenvalue weighted by molar-refractivity contribution is -0.418. The molecule has 0 aliphatic carbocycles. The summed E-state index contributed by atoms with van der Waals surface area (Å²) >= 11 is 0. The van der Waals surface area contributed by atoms with Crippen LogP contribution in [0.15, 0.2) is 0 Å². The topological polar surface area (TPSA) is 26.3 Å². The molecule has 0 rings (SSSR count). The Hall–Kier alpha value is -1.02. The lowest BCUT2D eigenvalue weighted by Crippen LogP contribution is -2.56. The highest BCUT2D eigenvalue weighted by molar-refractivity contribution is 5.72. The average molecular weight is 270 g/mol. The number of hydrogen-bond acceptors (Lipinski definition) is 2. The van der Waals surface area contributed by atoms with Crippen LogP contribution in [0.3, 0.4) is 0 Å². The number of ether oxygens (including phenoxy) is 1. The molecule has 0 heterocycles. The molecule has 0 saturated heterocycles. The second-order valence-corrected chi connectivity index (χ2v) is 3.32. The Balaban J connectivity index is 5.20. The van der Waals surface area contributed by atoms with Crippen LogP contribution < -0.4 is 0 Å². The predicted molar refractivity (Wildman–Crippen MR) is 41.5 cm³/mol. The van der Waals surface area contributed by atoms with Crippen LogP contribution in [0.1, 0.15) is 20.3 Å². The van der Waals surface area contributed by atoms with E-state index in [1.54, 1.807) is 0 Å². The SMILES string of the molecule is CCC(C)C(=O)OC(F)(C(F)(F)F)C(F)(F)F. The van der Waals surface area contributed by atoms with E-state index in [9.17, 15) is 35.5 Å². The van der Waals surface area contributed by atoms with Gasteiger partial charge in [-0.15, -0.1) is 0 Å². The third kappa shape index (κ3) is 3.22. The van der Waals surface area contributed by atoms with Gasteiger partial charge in [0.25, 0.3) is 0 Å². The smallest absolute Gasteiger partial charge is 0.412 e. The molecule has 0 spiro atoms. The van der Waals surface area contributed by atoms with E-state index in [-0.39, 0.29) is 6.42 Å². The molecule has 0 radical (unpaired) electrons. The summed E-state index contributed by atoms with van der Waals surface area (Å²) in [5, 5.41) is 0. The van der Waals surface area contributed by atoms with Gasteiger partial charge in [-0.2, -0.15) is 30.7 Å². The van der Waals surface area contributed by atoms with E-state index in [0.29, 0.717) is 0 Å². The van der Waals surface area contributed by atoms with Crippen molar-refractivity contribution in [1.29, 1.82) is 0 Å². The van der Waals surface area contributed by atoms with Gasteiger partial charge in [0.1, 0.15) is 0 Å². The number of hydrogen-bond donors (Lipinski definition) is 0. The highest BCUT2D eigenvalue weighted by Gasteiger charge is 2.76. The number of carbonyl (C=O) groups excluding carboxylic acids is 1. The van der Waals surface area contributed by atoms with Crippen molar-refractivity contribution < 1.29 is 40.3 Å². The van der Waals surface area contributed by atoms with Crippen LogP contribution in [-0.2, 0) is 9.53 Å². The van der Waals surface area contributed by atoms with Crippen molar-refractivity contribution in [3.05, 3.63) is 0 Å². The normalized spacial score (nSPS) is 15.6. The minimum absolute atomic E-state index is 0.0787. The van der Waals surface area contributed by atoms with Gasteiger partial charge < -0.3 is 4.74 Å². The number of rotatable bonds is 3. The van der Waals surface area contributed by atoms with Crippen LogP contribution in [0.4, 0.5) is 30.7 Å². The van der Waals surface area contributed by atoms with Gasteiger partial charge in [0, 0.05) is 0 Å². The lowest BCUT2D eigenvalue weighted by Gasteiger charge is -2.29. The molecule has 2 nitrogen and oxygen atoms in total. The van der Waals surface area contributed by atoms with E-state index in [0.717, 1.165) is 6.92 Å². The van der Waals surface area contributed by atoms with Crippen LogP contribution in [0.2, 0.25) is 0 Å². The van der Waals surface area contributed by atoms with Crippen molar-refractivity contribution in [3.8, 4) is 0 Å². The largest absolute Gasteiger partial charge is 0.470 e. The summed E-state index contributed by atoms with van der Waals surface area (Å²) in [7, 11) is 0. The summed E-state index contributed by atoms with van der Waals surface area (Å²) in [6.45, 7) is 2.35. The summed E-state index contributed by atoms with van der Waals surface area (Å²) in [5.41, 5.74) is 0. The maximum absolute atomic E-state index is 12.9. The Labute approximate surface area is 91.7 Å². The molecule has 0 saturated carbocycles. The van der Waals surface area contributed by atoms with E-state index in [1.165, 1.54) is 6.92 Å². The van der Waals surface area contributed by atoms with Crippen molar-refractivity contribution in [3.63, 3.8) is 0 Å². The van der Waals surface area contributed by atoms with Gasteiger partial charge in [-0.1, -0.05) is 13.8 Å². The first-order chi connectivity index (χ1) is 7.37. The molecule has 1 atom stereocenters. The Kier molecular flexibility index (Phi) is 4.41. The van der Waals surface area contributed by atoms with E-state index < -0.39 is 30.1 Å². The minimum atomic E-state index is -6.38. The van der Waals surface area contributed by atoms with Gasteiger partial charge in [-0.05, 0) is 6.42 Å². The molecule has 0 aliphatic rings. The van der Waals surface area contributed by atoms with Crippen LogP contribution in [-0.4, -0.2) is 24.2 Å². The second kappa shape index (κ2) is 4.69. The zero-order valence-electron chi connectivity index (χ0n) is 8.75. The zero-order chi connectivity index (χ0) is 14.1. The fourth-order valence-corrected chi connectivity index (χ4v) is 0.682. The van der Waals surface area contributed by atoms with Gasteiger partial charge in [0.05, 0.1) is 5.92 Å². The molecule has 17 heavy (non-hydrogen) atoms. The molecule has 0 fully saturated rings. The fraction of sp³-hybridized carbons (Fsp3) is 0.875. The minimum Gasteiger partial charge on any atom is -0.412 e. The van der Waals surface area contributed by atoms with Crippen LogP contribution >= 0.6 is 0 Å². The number of esters is 1. The van der Waals surface area contributed by atoms with Gasteiger partial charge >= 0.3 is 24.2 Å². The molecule has 0 amide bonds. The summed E-state index contributed by atoms with van der Waals surface area (Å²) in [4.78, 5) is 10.8. The molecular weight excluding hydrogens is 261 g/mol. The highest BCUT2D eigenvalue weighted by Crippen LogP contribution is 2.47. The summed E-state index contributed by atoms with van der Waals surface area (Å²) in [6, 6.07) is 0. The van der Waals surface area contributed by atoms with Crippen LogP contribution in [0.5, 0.6) is 0 Å². The second-order valence-electron chi connectivity index (χ2n) is 3.32. The van der Waals surface area contributed by atoms with Crippen molar-refractivity contribution in [2.75, 3.05) is 0 Å². The molecule has 0 bridgehead atoms. The first-order valence-corrected chi connectivity index (χ1v) is 4.42. The predicted octanol–water partition coefficient (Wildman–Crippen LogP) is 3.37. The van der Waals surface area contributed by atoms with Crippen molar-refractivity contribution >= 4 is 5.97 Å². The Morgan fingerprint density at radius 1 is 1.06 bits per heavy atom. The Bertz CT molecular complexity index is 267. The van der Waals surface area contributed by atoms with Crippen molar-refractivity contribution in [2.24, 2.45) is 5.92 Å². The fourth-order valence-electron chi connectivity index (χ4n) is 0.682. The van der Waals surface area contributed by atoms with E-state index >= 15 is 0 Å². The summed E-state index contributed by atoms with van der Waals surface area (Å²) < 4.78 is 87.6. The van der Waals surface area contributed by atoms with Crippen LogP contribution in [0.25, 0.3) is 0 Å². The van der Waals surface area contributed by atoms with Gasteiger partial charge in [-0.3, -0.25) is 4.79 Å². The molecular formula is C8H9F7O2. The standard InChI is InChI=1S/C8H9F7O2/c1-3-4(2)5(16)17-6(9,7(10,11)12)8(13,14)15/h4H,3H2,1-2H3. The molecule has 1 unspecified atom stereocenters. The first kappa shape index (κ1) is 16.0. The monoisotopic (exact) mass is 270 g/mol. The maximum atomic E-state index is 12.9. The van der Waals surface area contributed by atoms with Gasteiger partial charge in [-0.25, -0.2) is 0 Å². The molecule has 0 aromatic rings. The number of carbonyl (C=O) groups is 1. The summed E-state index contributed by atoms with van der Waals surface area (Å²) in [6.07, 6.45) is -12.8. The van der Waals surface area contributed by atoms with Crippen LogP contribution in [0, 0.1) is 5.92 Å². The molecule has 102 valence electrons. The quantitative estimate of drug-likeness (QED) is 0.580. The molecule has 0 aromatic carbocycles. The molecule has 0 aromatic heterocycles. The molecule has 0 aliphatic heterocycles. The van der Waals surface area contributed by atoms with E-state index in [4.69, 9.17) is 0 Å². The maximum Gasteiger partial charge on any atom is 0.470 e. The third-order valence-corrected chi connectivity index (χ3v) is 1.99. The molecule has 9 heteroatoms. The van der Waals surface area contributed by atoms with Crippen molar-refractivity contribution in [1.82, 2.24) is 0 Å². The lowest BCUT2D eigenvalue weighted by atomic mass is 10.1. The first-order valence-electron chi connectivity index (χ1n) is 4.42. The van der Waals surface area contributed by atoms with Crippen molar-refractivity contribution in [2.45, 2.75) is 38.5 Å². The number of alkyl halides is 7. The van der Waals surface area contributed by atoms with Gasteiger partial charge in [0.15, 0.2) is 0 Å². The highest BCUT2D eigenvalue weighted by atomic mass is 19.4. The third-order valence-electron chi connectivity index (χ3n) is 1.99. The zero-order valence-corrected chi connectivity index (χ0v) is 8.75. The average Bonchev–Trinajstić information content (AvgIpc) is 2.12. The Morgan fingerprint density at radius 3 is 1.65 bits per heavy atom. The van der Waals surface area contributed by atoms with Gasteiger partial charge in [0.2, 0.25) is 0 Å². The van der Waals surface area contributed by atoms with E-state index in [2.05, 4.69) is 4.74 Å². The number of halogens is 7.